The number of amides is 1. The first-order chi connectivity index (χ1) is 12.3. The van der Waals surface area contributed by atoms with Crippen LogP contribution in [0.25, 0.3) is 0 Å². The van der Waals surface area contributed by atoms with Crippen LogP contribution in [0.2, 0.25) is 0 Å². The van der Waals surface area contributed by atoms with Crippen LogP contribution in [0.4, 0.5) is 18.0 Å². The number of nitrogens with zero attached hydrogens (tertiary/aromatic N) is 1. The Labute approximate surface area is 150 Å². The van der Waals surface area contributed by atoms with Crippen LogP contribution in [0.15, 0.2) is 18.2 Å². The van der Waals surface area contributed by atoms with Crippen molar-refractivity contribution in [3.8, 4) is 0 Å². The van der Waals surface area contributed by atoms with Crippen LogP contribution in [0.1, 0.15) is 41.9 Å². The summed E-state index contributed by atoms with van der Waals surface area (Å²) >= 11 is 0. The number of rotatable bonds is 3. The van der Waals surface area contributed by atoms with Crippen LogP contribution >= 0.6 is 0 Å². The molecule has 3 aliphatic rings. The van der Waals surface area contributed by atoms with Gasteiger partial charge in [0.25, 0.3) is 0 Å². The normalized spacial score (nSPS) is 28.9. The molecule has 3 fully saturated rings. The Morgan fingerprint density at radius 2 is 2.04 bits per heavy atom. The summed E-state index contributed by atoms with van der Waals surface area (Å²) in [4.78, 5) is 12.6. The number of hydrogen-bond donors (Lipinski definition) is 2. The predicted molar refractivity (Wildman–Crippen MR) is 90.1 cm³/mol. The number of nitrogens with one attached hydrogen (secondary N) is 1. The van der Waals surface area contributed by atoms with Gasteiger partial charge in [0, 0.05) is 25.7 Å². The highest BCUT2D eigenvalue weighted by Crippen LogP contribution is 2.44. The summed E-state index contributed by atoms with van der Waals surface area (Å²) in [5.41, 5.74) is 1.31. The van der Waals surface area contributed by atoms with E-state index in [1.165, 1.54) is 17.0 Å². The van der Waals surface area contributed by atoms with Gasteiger partial charge in [-0.3, -0.25) is 0 Å². The zero-order valence-electron chi connectivity index (χ0n) is 14.4. The Bertz CT molecular complexity index is 703. The Balaban J connectivity index is 1.50. The number of halogens is 3. The fourth-order valence-corrected chi connectivity index (χ4v) is 4.62. The molecule has 0 aromatic heterocycles. The van der Waals surface area contributed by atoms with E-state index in [1.807, 2.05) is 0 Å². The number of carboxylic acid groups (broad SMARTS) is 1. The molecule has 2 saturated heterocycles. The maximum absolute atomic E-state index is 13.0. The summed E-state index contributed by atoms with van der Waals surface area (Å²) in [6.07, 6.45) is -1.71. The van der Waals surface area contributed by atoms with Gasteiger partial charge >= 0.3 is 12.3 Å². The summed E-state index contributed by atoms with van der Waals surface area (Å²) < 4.78 is 39.1. The summed E-state index contributed by atoms with van der Waals surface area (Å²) in [5, 5.41) is 12.7. The van der Waals surface area contributed by atoms with Crippen LogP contribution in [0.3, 0.4) is 0 Å². The van der Waals surface area contributed by atoms with E-state index in [0.717, 1.165) is 43.4 Å². The summed E-state index contributed by atoms with van der Waals surface area (Å²) in [5.74, 6) is 0.946. The van der Waals surface area contributed by atoms with Gasteiger partial charge in [-0.2, -0.15) is 13.2 Å². The van der Waals surface area contributed by atoms with Gasteiger partial charge < -0.3 is 15.3 Å². The molecule has 4 nitrogen and oxygen atoms in total. The molecule has 0 bridgehead atoms. The maximum atomic E-state index is 13.0. The molecule has 26 heavy (non-hydrogen) atoms. The van der Waals surface area contributed by atoms with Crippen LogP contribution in [-0.4, -0.2) is 41.8 Å². The minimum atomic E-state index is -4.30. The molecule has 7 heteroatoms. The third-order valence-corrected chi connectivity index (χ3v) is 6.15. The fraction of sp³-hybridized carbons (Fsp3) is 0.632. The summed E-state index contributed by atoms with van der Waals surface area (Å²) in [7, 11) is 0. The van der Waals surface area contributed by atoms with Crippen molar-refractivity contribution in [2.24, 2.45) is 11.8 Å². The van der Waals surface area contributed by atoms with Gasteiger partial charge in [-0.15, -0.1) is 0 Å². The number of benzene rings is 1. The van der Waals surface area contributed by atoms with Crippen molar-refractivity contribution in [1.82, 2.24) is 10.2 Å². The van der Waals surface area contributed by atoms with Crippen LogP contribution in [0, 0.1) is 11.8 Å². The minimum Gasteiger partial charge on any atom is -0.465 e. The Morgan fingerprint density at radius 3 is 2.69 bits per heavy atom. The van der Waals surface area contributed by atoms with E-state index in [4.69, 9.17) is 5.11 Å². The van der Waals surface area contributed by atoms with Crippen molar-refractivity contribution in [2.45, 2.75) is 43.8 Å². The third-order valence-electron chi connectivity index (χ3n) is 6.15. The van der Waals surface area contributed by atoms with Crippen molar-refractivity contribution in [3.05, 3.63) is 34.9 Å². The number of carbonyl (C=O) groups is 1. The van der Waals surface area contributed by atoms with Crippen molar-refractivity contribution >= 4 is 6.09 Å². The van der Waals surface area contributed by atoms with E-state index >= 15 is 0 Å². The van der Waals surface area contributed by atoms with E-state index in [2.05, 4.69) is 5.32 Å². The Kier molecular flexibility index (Phi) is 4.37. The van der Waals surface area contributed by atoms with Crippen molar-refractivity contribution < 1.29 is 23.1 Å². The topological polar surface area (TPSA) is 52.6 Å². The van der Waals surface area contributed by atoms with E-state index in [9.17, 15) is 18.0 Å². The highest BCUT2D eigenvalue weighted by molar-refractivity contribution is 5.65. The maximum Gasteiger partial charge on any atom is 0.416 e. The molecule has 142 valence electrons. The molecule has 3 atom stereocenters. The first-order valence-electron chi connectivity index (χ1n) is 9.24. The van der Waals surface area contributed by atoms with Gasteiger partial charge in [-0.1, -0.05) is 6.07 Å². The van der Waals surface area contributed by atoms with Crippen LogP contribution in [-0.2, 0) is 12.6 Å². The number of hydrogen-bond acceptors (Lipinski definition) is 2. The molecule has 1 amide bonds. The van der Waals surface area contributed by atoms with E-state index in [1.54, 1.807) is 6.07 Å². The van der Waals surface area contributed by atoms with Crippen molar-refractivity contribution in [2.75, 3.05) is 19.6 Å². The van der Waals surface area contributed by atoms with Gasteiger partial charge in [0.05, 0.1) is 5.56 Å². The standard InChI is InChI=1S/C19H23F3N2O2/c20-19(21,22)14-4-3-12(16(8-14)11-1-2-11)7-17-15-5-6-24(18(25)26)10-13(15)9-23-17/h3-4,8,11,13,15,17,23H,1-2,5-7,9-10H2,(H,25,26). The zero-order valence-corrected chi connectivity index (χ0v) is 14.4. The highest BCUT2D eigenvalue weighted by Gasteiger charge is 2.41. The van der Waals surface area contributed by atoms with E-state index in [0.29, 0.717) is 24.9 Å². The van der Waals surface area contributed by atoms with Crippen LogP contribution < -0.4 is 5.32 Å². The molecule has 3 unspecified atom stereocenters. The van der Waals surface area contributed by atoms with Crippen LogP contribution in [0.5, 0.6) is 0 Å². The SMILES string of the molecule is O=C(O)N1CCC2C(CNC2Cc2ccc(C(F)(F)F)cc2C2CC2)C1. The smallest absolute Gasteiger partial charge is 0.416 e. The molecule has 1 saturated carbocycles. The van der Waals surface area contributed by atoms with E-state index < -0.39 is 17.8 Å². The first-order valence-corrected chi connectivity index (χ1v) is 9.24. The van der Waals surface area contributed by atoms with Crippen molar-refractivity contribution in [3.63, 3.8) is 0 Å². The van der Waals surface area contributed by atoms with Gasteiger partial charge in [0.15, 0.2) is 0 Å². The Hall–Kier alpha value is -1.76. The largest absolute Gasteiger partial charge is 0.465 e. The fourth-order valence-electron chi connectivity index (χ4n) is 4.62. The molecule has 1 aliphatic carbocycles. The first kappa shape index (κ1) is 17.6. The molecular weight excluding hydrogens is 345 g/mol. The lowest BCUT2D eigenvalue weighted by molar-refractivity contribution is -0.137. The molecule has 1 aromatic carbocycles. The van der Waals surface area contributed by atoms with Gasteiger partial charge in [-0.25, -0.2) is 4.79 Å². The molecule has 2 aliphatic heterocycles. The molecule has 0 radical (unpaired) electrons. The molecule has 1 aromatic rings. The molecular formula is C19H23F3N2O2. The number of fused-ring (bicyclic) bond motifs is 1. The number of piperidine rings is 1. The lowest BCUT2D eigenvalue weighted by atomic mass is 9.81. The summed E-state index contributed by atoms with van der Waals surface area (Å²) in [6, 6.07) is 4.40. The molecule has 4 rings (SSSR count). The monoisotopic (exact) mass is 368 g/mol. The molecule has 2 N–H and O–H groups in total. The average Bonchev–Trinajstić information content (AvgIpc) is 3.36. The minimum absolute atomic E-state index is 0.213. The lowest BCUT2D eigenvalue weighted by Crippen LogP contribution is -2.44. The van der Waals surface area contributed by atoms with Crippen molar-refractivity contribution in [1.29, 1.82) is 0 Å². The lowest BCUT2D eigenvalue weighted by Gasteiger charge is -2.35. The number of alkyl halides is 3. The van der Waals surface area contributed by atoms with Gasteiger partial charge in [0.1, 0.15) is 0 Å². The second-order valence-corrected chi connectivity index (χ2v) is 7.85. The number of likely N-dealkylation sites (tertiary alicyclic amines) is 1. The average molecular weight is 368 g/mol. The summed E-state index contributed by atoms with van der Waals surface area (Å²) in [6.45, 7) is 1.86. The second-order valence-electron chi connectivity index (χ2n) is 7.85. The quantitative estimate of drug-likeness (QED) is 0.855. The van der Waals surface area contributed by atoms with Gasteiger partial charge in [-0.05, 0) is 66.7 Å². The third kappa shape index (κ3) is 3.41. The molecule has 2 heterocycles. The van der Waals surface area contributed by atoms with E-state index in [-0.39, 0.29) is 12.0 Å². The molecule has 0 spiro atoms. The second kappa shape index (κ2) is 6.44. The zero-order chi connectivity index (χ0) is 18.5. The Morgan fingerprint density at radius 1 is 1.27 bits per heavy atom. The predicted octanol–water partition coefficient (Wildman–Crippen LogP) is 3.71. The highest BCUT2D eigenvalue weighted by atomic mass is 19.4. The van der Waals surface area contributed by atoms with Gasteiger partial charge in [0.2, 0.25) is 0 Å².